The zero-order valence-corrected chi connectivity index (χ0v) is 13.1. The third kappa shape index (κ3) is 4.03. The summed E-state index contributed by atoms with van der Waals surface area (Å²) in [4.78, 5) is 17.0. The van der Waals surface area contributed by atoms with Gasteiger partial charge in [-0.2, -0.15) is 0 Å². The van der Waals surface area contributed by atoms with E-state index < -0.39 is 0 Å². The van der Waals surface area contributed by atoms with Gasteiger partial charge in [0.05, 0.1) is 12.3 Å². The molecule has 0 radical (unpaired) electrons. The van der Waals surface area contributed by atoms with E-state index in [1.807, 2.05) is 19.1 Å². The standard InChI is InChI=1S/C12H13BrN2OS2/c1-8-6-9(13)2-3-10(8)18-7-11(16)15-12-14-4-5-17-12/h2-3,6H,4-5,7H2,1H3,(H,14,15,16). The monoisotopic (exact) mass is 344 g/mol. The van der Waals surface area contributed by atoms with Gasteiger partial charge in [0.25, 0.3) is 0 Å². The molecule has 0 atom stereocenters. The van der Waals surface area contributed by atoms with Crippen LogP contribution >= 0.6 is 39.5 Å². The molecule has 1 N–H and O–H groups in total. The minimum absolute atomic E-state index is 0.00969. The first-order chi connectivity index (χ1) is 8.65. The predicted molar refractivity (Wildman–Crippen MR) is 82.5 cm³/mol. The number of aliphatic imine (C=N–C) groups is 1. The van der Waals surface area contributed by atoms with Gasteiger partial charge >= 0.3 is 0 Å². The fraction of sp³-hybridized carbons (Fsp3) is 0.333. The molecule has 96 valence electrons. The van der Waals surface area contributed by atoms with Crippen LogP contribution in [-0.2, 0) is 4.79 Å². The largest absolute Gasteiger partial charge is 0.305 e. The van der Waals surface area contributed by atoms with Crippen molar-refractivity contribution in [2.45, 2.75) is 11.8 Å². The van der Waals surface area contributed by atoms with E-state index in [0.29, 0.717) is 5.75 Å². The Morgan fingerprint density at radius 3 is 3.11 bits per heavy atom. The van der Waals surface area contributed by atoms with E-state index in [-0.39, 0.29) is 5.91 Å². The number of hydrogen-bond acceptors (Lipinski definition) is 4. The van der Waals surface area contributed by atoms with Gasteiger partial charge in [0, 0.05) is 15.1 Å². The number of carbonyl (C=O) groups excluding carboxylic acids is 1. The molecular weight excluding hydrogens is 332 g/mol. The van der Waals surface area contributed by atoms with Crippen molar-refractivity contribution in [3.63, 3.8) is 0 Å². The van der Waals surface area contributed by atoms with Crippen LogP contribution in [0.5, 0.6) is 0 Å². The highest BCUT2D eigenvalue weighted by molar-refractivity contribution is 9.10. The lowest BCUT2D eigenvalue weighted by molar-refractivity contribution is -0.117. The van der Waals surface area contributed by atoms with E-state index in [4.69, 9.17) is 0 Å². The number of thioether (sulfide) groups is 2. The van der Waals surface area contributed by atoms with Crippen molar-refractivity contribution in [2.75, 3.05) is 18.1 Å². The number of aryl methyl sites for hydroxylation is 1. The van der Waals surface area contributed by atoms with Crippen molar-refractivity contribution in [1.82, 2.24) is 5.32 Å². The number of amidine groups is 1. The zero-order valence-electron chi connectivity index (χ0n) is 9.90. The molecule has 0 bridgehead atoms. The van der Waals surface area contributed by atoms with Crippen molar-refractivity contribution < 1.29 is 4.79 Å². The average Bonchev–Trinajstić information content (AvgIpc) is 2.80. The van der Waals surface area contributed by atoms with Crippen molar-refractivity contribution in [1.29, 1.82) is 0 Å². The minimum Gasteiger partial charge on any atom is -0.305 e. The molecule has 0 aliphatic carbocycles. The van der Waals surface area contributed by atoms with Crippen LogP contribution in [0.25, 0.3) is 0 Å². The Morgan fingerprint density at radius 2 is 2.44 bits per heavy atom. The molecule has 0 aromatic heterocycles. The highest BCUT2D eigenvalue weighted by atomic mass is 79.9. The van der Waals surface area contributed by atoms with Gasteiger partial charge in [-0.3, -0.25) is 9.79 Å². The average molecular weight is 345 g/mol. The number of carbonyl (C=O) groups is 1. The molecule has 0 unspecified atom stereocenters. The molecule has 1 amide bonds. The molecule has 2 rings (SSSR count). The smallest absolute Gasteiger partial charge is 0.236 e. The molecule has 0 saturated carbocycles. The molecule has 1 aliphatic rings. The Bertz CT molecular complexity index is 491. The first-order valence-electron chi connectivity index (χ1n) is 5.51. The van der Waals surface area contributed by atoms with E-state index in [2.05, 4.69) is 32.3 Å². The van der Waals surface area contributed by atoms with E-state index in [9.17, 15) is 4.79 Å². The molecule has 1 aromatic rings. The van der Waals surface area contributed by atoms with E-state index >= 15 is 0 Å². The maximum absolute atomic E-state index is 11.7. The molecule has 1 heterocycles. The summed E-state index contributed by atoms with van der Waals surface area (Å²) in [7, 11) is 0. The Labute approximate surface area is 123 Å². The normalized spacial score (nSPS) is 14.4. The van der Waals surface area contributed by atoms with Gasteiger partial charge in [0.15, 0.2) is 5.17 Å². The van der Waals surface area contributed by atoms with Crippen LogP contribution in [0.3, 0.4) is 0 Å². The topological polar surface area (TPSA) is 41.5 Å². The number of nitrogens with zero attached hydrogens (tertiary/aromatic N) is 1. The van der Waals surface area contributed by atoms with Crippen LogP contribution in [-0.4, -0.2) is 29.1 Å². The zero-order chi connectivity index (χ0) is 13.0. The van der Waals surface area contributed by atoms with E-state index in [0.717, 1.165) is 26.8 Å². The molecule has 6 heteroatoms. The summed E-state index contributed by atoms with van der Waals surface area (Å²) in [6.07, 6.45) is 0. The third-order valence-electron chi connectivity index (χ3n) is 2.33. The second kappa shape index (κ2) is 6.63. The van der Waals surface area contributed by atoms with Gasteiger partial charge in [0.1, 0.15) is 0 Å². The van der Waals surface area contributed by atoms with Crippen LogP contribution in [0.1, 0.15) is 5.56 Å². The summed E-state index contributed by atoms with van der Waals surface area (Å²) in [5, 5.41) is 3.58. The predicted octanol–water partition coefficient (Wildman–Crippen LogP) is 3.07. The quantitative estimate of drug-likeness (QED) is 0.856. The van der Waals surface area contributed by atoms with Crippen LogP contribution in [0.15, 0.2) is 32.6 Å². The van der Waals surface area contributed by atoms with Crippen LogP contribution in [0.2, 0.25) is 0 Å². The lowest BCUT2D eigenvalue weighted by Gasteiger charge is -2.06. The number of nitrogens with one attached hydrogen (secondary N) is 1. The second-order valence-electron chi connectivity index (χ2n) is 3.78. The molecule has 0 spiro atoms. The lowest BCUT2D eigenvalue weighted by Crippen LogP contribution is -2.28. The Morgan fingerprint density at radius 1 is 1.61 bits per heavy atom. The van der Waals surface area contributed by atoms with Gasteiger partial charge < -0.3 is 5.32 Å². The summed E-state index contributed by atoms with van der Waals surface area (Å²) in [5.41, 5.74) is 1.18. The highest BCUT2D eigenvalue weighted by Crippen LogP contribution is 2.25. The number of rotatable bonds is 3. The fourth-order valence-electron chi connectivity index (χ4n) is 1.48. The molecule has 18 heavy (non-hydrogen) atoms. The van der Waals surface area contributed by atoms with Gasteiger partial charge in [-0.05, 0) is 30.7 Å². The molecule has 1 aromatic carbocycles. The lowest BCUT2D eigenvalue weighted by atomic mass is 10.2. The van der Waals surface area contributed by atoms with Gasteiger partial charge in [-0.15, -0.1) is 11.8 Å². The van der Waals surface area contributed by atoms with Crippen LogP contribution < -0.4 is 5.32 Å². The summed E-state index contributed by atoms with van der Waals surface area (Å²) >= 11 is 6.58. The fourth-order valence-corrected chi connectivity index (χ4v) is 3.51. The minimum atomic E-state index is 0.00969. The van der Waals surface area contributed by atoms with E-state index in [1.54, 1.807) is 23.5 Å². The Kier molecular flexibility index (Phi) is 5.14. The van der Waals surface area contributed by atoms with Crippen molar-refractivity contribution >= 4 is 50.5 Å². The summed E-state index contributed by atoms with van der Waals surface area (Å²) in [5.74, 6) is 1.40. The van der Waals surface area contributed by atoms with Crippen molar-refractivity contribution in [3.05, 3.63) is 28.2 Å². The summed E-state index contributed by atoms with van der Waals surface area (Å²) in [6.45, 7) is 2.85. The number of benzene rings is 1. The summed E-state index contributed by atoms with van der Waals surface area (Å²) < 4.78 is 1.06. The molecule has 0 fully saturated rings. The maximum atomic E-state index is 11.7. The van der Waals surface area contributed by atoms with Crippen LogP contribution in [0.4, 0.5) is 0 Å². The molecule has 1 aliphatic heterocycles. The second-order valence-corrected chi connectivity index (χ2v) is 6.80. The first-order valence-corrected chi connectivity index (χ1v) is 8.27. The first kappa shape index (κ1) is 14.0. The maximum Gasteiger partial charge on any atom is 0.236 e. The van der Waals surface area contributed by atoms with Crippen LogP contribution in [0, 0.1) is 6.92 Å². The summed E-state index contributed by atoms with van der Waals surface area (Å²) in [6, 6.07) is 6.07. The van der Waals surface area contributed by atoms with E-state index in [1.165, 1.54) is 5.56 Å². The third-order valence-corrected chi connectivity index (χ3v) is 4.89. The molecular formula is C12H13BrN2OS2. The molecule has 3 nitrogen and oxygen atoms in total. The Hall–Kier alpha value is -0.460. The van der Waals surface area contributed by atoms with Crippen molar-refractivity contribution in [3.8, 4) is 0 Å². The molecule has 0 saturated heterocycles. The number of hydrogen-bond donors (Lipinski definition) is 1. The number of amides is 1. The highest BCUT2D eigenvalue weighted by Gasteiger charge is 2.11. The van der Waals surface area contributed by atoms with Gasteiger partial charge in [-0.1, -0.05) is 27.7 Å². The van der Waals surface area contributed by atoms with Gasteiger partial charge in [0.2, 0.25) is 5.91 Å². The van der Waals surface area contributed by atoms with Gasteiger partial charge in [-0.25, -0.2) is 0 Å². The SMILES string of the molecule is Cc1cc(Br)ccc1SCC(=O)NC1=NCCS1. The van der Waals surface area contributed by atoms with Crippen molar-refractivity contribution in [2.24, 2.45) is 4.99 Å². The Balaban J connectivity index is 1.85. The number of halogens is 1.